The summed E-state index contributed by atoms with van der Waals surface area (Å²) in [5.41, 5.74) is 0.946. The Bertz CT molecular complexity index is 599. The number of rotatable bonds is 3. The smallest absolute Gasteiger partial charge is 0.263 e. The van der Waals surface area contributed by atoms with Crippen molar-refractivity contribution in [3.63, 3.8) is 0 Å². The van der Waals surface area contributed by atoms with Gasteiger partial charge in [-0.25, -0.2) is 0 Å². The fourth-order valence-corrected chi connectivity index (χ4v) is 3.09. The van der Waals surface area contributed by atoms with Crippen LogP contribution >= 0.6 is 0 Å². The molecule has 0 aliphatic carbocycles. The Labute approximate surface area is 130 Å². The van der Waals surface area contributed by atoms with E-state index in [1.165, 1.54) is 0 Å². The van der Waals surface area contributed by atoms with E-state index in [4.69, 9.17) is 4.74 Å². The molecule has 1 atom stereocenters. The van der Waals surface area contributed by atoms with E-state index in [0.29, 0.717) is 19.6 Å². The van der Waals surface area contributed by atoms with E-state index in [2.05, 4.69) is 5.32 Å². The molecular formula is C16H23N3O3. The van der Waals surface area contributed by atoms with Crippen LogP contribution in [0.25, 0.3) is 0 Å². The van der Waals surface area contributed by atoms with E-state index in [0.717, 1.165) is 38.2 Å². The molecule has 22 heavy (non-hydrogen) atoms. The summed E-state index contributed by atoms with van der Waals surface area (Å²) in [6.07, 6.45) is 2.10. The van der Waals surface area contributed by atoms with Gasteiger partial charge in [-0.05, 0) is 31.9 Å². The van der Waals surface area contributed by atoms with Crippen LogP contribution in [0.2, 0.25) is 0 Å². The maximum absolute atomic E-state index is 12.7. The summed E-state index contributed by atoms with van der Waals surface area (Å²) in [5, 5.41) is 3.21. The number of pyridine rings is 1. The van der Waals surface area contributed by atoms with Gasteiger partial charge in [-0.2, -0.15) is 0 Å². The molecule has 1 aromatic rings. The predicted octanol–water partition coefficient (Wildman–Crippen LogP) is 0.381. The molecule has 2 aliphatic heterocycles. The molecule has 2 fully saturated rings. The van der Waals surface area contributed by atoms with Gasteiger partial charge in [-0.1, -0.05) is 0 Å². The molecule has 3 heterocycles. The van der Waals surface area contributed by atoms with Crippen LogP contribution in [-0.4, -0.2) is 54.3 Å². The van der Waals surface area contributed by atoms with Crippen LogP contribution in [0.3, 0.4) is 0 Å². The van der Waals surface area contributed by atoms with Crippen molar-refractivity contribution in [3.8, 4) is 0 Å². The standard InChI is InChI=1S/C16H23N3O3/c1-12-4-5-14(15(20)18-8-6-17-7-9-18)16(21)19(12)11-13-3-2-10-22-13/h4-5,13,17H,2-3,6-11H2,1H3. The Morgan fingerprint density at radius 1 is 1.36 bits per heavy atom. The first-order chi connectivity index (χ1) is 10.7. The minimum Gasteiger partial charge on any atom is -0.376 e. The molecule has 0 spiro atoms. The van der Waals surface area contributed by atoms with Crippen molar-refractivity contribution in [3.05, 3.63) is 33.7 Å². The van der Waals surface area contributed by atoms with E-state index in [-0.39, 0.29) is 23.1 Å². The van der Waals surface area contributed by atoms with Gasteiger partial charge in [-0.3, -0.25) is 9.59 Å². The molecule has 1 N–H and O–H groups in total. The number of hydrogen-bond donors (Lipinski definition) is 1. The molecule has 1 aromatic heterocycles. The van der Waals surface area contributed by atoms with Crippen molar-refractivity contribution in [1.82, 2.24) is 14.8 Å². The molecule has 1 unspecified atom stereocenters. The summed E-state index contributed by atoms with van der Waals surface area (Å²) in [6.45, 7) is 6.06. The van der Waals surface area contributed by atoms with E-state index in [1.54, 1.807) is 15.5 Å². The van der Waals surface area contributed by atoms with Crippen LogP contribution in [0.4, 0.5) is 0 Å². The van der Waals surface area contributed by atoms with Crippen LogP contribution in [-0.2, 0) is 11.3 Å². The predicted molar refractivity (Wildman–Crippen MR) is 83.2 cm³/mol. The number of aryl methyl sites for hydroxylation is 1. The maximum Gasteiger partial charge on any atom is 0.263 e. The third-order valence-electron chi connectivity index (χ3n) is 4.44. The number of nitrogens with one attached hydrogen (secondary N) is 1. The van der Waals surface area contributed by atoms with Crippen molar-refractivity contribution < 1.29 is 9.53 Å². The number of hydrogen-bond acceptors (Lipinski definition) is 4. The molecule has 3 rings (SSSR count). The summed E-state index contributed by atoms with van der Waals surface area (Å²) in [4.78, 5) is 27.0. The van der Waals surface area contributed by atoms with Crippen LogP contribution in [0, 0.1) is 6.92 Å². The van der Waals surface area contributed by atoms with Gasteiger partial charge in [0.2, 0.25) is 0 Å². The summed E-state index contributed by atoms with van der Waals surface area (Å²) < 4.78 is 7.31. The minimum atomic E-state index is -0.195. The summed E-state index contributed by atoms with van der Waals surface area (Å²) in [5.74, 6) is -0.160. The lowest BCUT2D eigenvalue weighted by Gasteiger charge is -2.27. The highest BCUT2D eigenvalue weighted by molar-refractivity contribution is 5.94. The molecule has 2 saturated heterocycles. The molecular weight excluding hydrogens is 282 g/mol. The van der Waals surface area contributed by atoms with E-state index in [1.807, 2.05) is 13.0 Å². The number of aromatic nitrogens is 1. The van der Waals surface area contributed by atoms with Crippen molar-refractivity contribution in [2.24, 2.45) is 0 Å². The second kappa shape index (κ2) is 6.62. The summed E-state index contributed by atoms with van der Waals surface area (Å²) in [6, 6.07) is 3.51. The lowest BCUT2D eigenvalue weighted by atomic mass is 10.1. The average Bonchev–Trinajstić information content (AvgIpc) is 3.05. The number of nitrogens with zero attached hydrogens (tertiary/aromatic N) is 2. The van der Waals surface area contributed by atoms with Gasteiger partial charge in [0.05, 0.1) is 12.6 Å². The van der Waals surface area contributed by atoms with E-state index < -0.39 is 0 Å². The van der Waals surface area contributed by atoms with Gasteiger partial charge in [0.1, 0.15) is 5.56 Å². The van der Waals surface area contributed by atoms with Crippen LogP contribution in [0.15, 0.2) is 16.9 Å². The third-order valence-corrected chi connectivity index (χ3v) is 4.44. The van der Waals surface area contributed by atoms with Gasteiger partial charge < -0.3 is 19.5 Å². The van der Waals surface area contributed by atoms with Gasteiger partial charge in [-0.15, -0.1) is 0 Å². The van der Waals surface area contributed by atoms with Crippen LogP contribution < -0.4 is 10.9 Å². The van der Waals surface area contributed by atoms with Crippen LogP contribution in [0.5, 0.6) is 0 Å². The number of carbonyl (C=O) groups is 1. The molecule has 0 saturated carbocycles. The van der Waals surface area contributed by atoms with Crippen molar-refractivity contribution in [2.45, 2.75) is 32.4 Å². The fraction of sp³-hybridized carbons (Fsp3) is 0.625. The first-order valence-corrected chi connectivity index (χ1v) is 7.99. The molecule has 1 amide bonds. The van der Waals surface area contributed by atoms with Crippen LogP contribution in [0.1, 0.15) is 28.9 Å². The molecule has 0 bridgehead atoms. The second-order valence-electron chi connectivity index (χ2n) is 5.98. The fourth-order valence-electron chi connectivity index (χ4n) is 3.09. The first-order valence-electron chi connectivity index (χ1n) is 7.99. The SMILES string of the molecule is Cc1ccc(C(=O)N2CCNCC2)c(=O)n1CC1CCCO1. The minimum absolute atomic E-state index is 0.0842. The second-order valence-corrected chi connectivity index (χ2v) is 5.98. The largest absolute Gasteiger partial charge is 0.376 e. The molecule has 2 aliphatic rings. The number of ether oxygens (including phenoxy) is 1. The van der Waals surface area contributed by atoms with Crippen molar-refractivity contribution in [1.29, 1.82) is 0 Å². The topological polar surface area (TPSA) is 63.6 Å². The van der Waals surface area contributed by atoms with E-state index >= 15 is 0 Å². The molecule has 6 heteroatoms. The van der Waals surface area contributed by atoms with Gasteiger partial charge in [0, 0.05) is 38.5 Å². The number of carbonyl (C=O) groups excluding carboxylic acids is 1. The maximum atomic E-state index is 12.7. The lowest BCUT2D eigenvalue weighted by Crippen LogP contribution is -2.48. The highest BCUT2D eigenvalue weighted by atomic mass is 16.5. The normalized spacial score (nSPS) is 22.0. The van der Waals surface area contributed by atoms with Crippen molar-refractivity contribution >= 4 is 5.91 Å². The lowest BCUT2D eigenvalue weighted by molar-refractivity contribution is 0.0730. The first kappa shape index (κ1) is 15.2. The van der Waals surface area contributed by atoms with Gasteiger partial charge in [0.25, 0.3) is 11.5 Å². The number of piperazine rings is 1. The van der Waals surface area contributed by atoms with Gasteiger partial charge in [0.15, 0.2) is 0 Å². The Hall–Kier alpha value is -1.66. The highest BCUT2D eigenvalue weighted by Gasteiger charge is 2.23. The Balaban J connectivity index is 1.85. The Morgan fingerprint density at radius 2 is 2.14 bits per heavy atom. The summed E-state index contributed by atoms with van der Waals surface area (Å²) in [7, 11) is 0. The number of amides is 1. The summed E-state index contributed by atoms with van der Waals surface area (Å²) >= 11 is 0. The molecule has 0 aromatic carbocycles. The molecule has 6 nitrogen and oxygen atoms in total. The Kier molecular flexibility index (Phi) is 4.59. The third kappa shape index (κ3) is 3.08. The van der Waals surface area contributed by atoms with E-state index in [9.17, 15) is 9.59 Å². The zero-order valence-corrected chi connectivity index (χ0v) is 13.0. The van der Waals surface area contributed by atoms with Gasteiger partial charge >= 0.3 is 0 Å². The quantitative estimate of drug-likeness (QED) is 0.877. The average molecular weight is 305 g/mol. The molecule has 120 valence electrons. The van der Waals surface area contributed by atoms with Crippen molar-refractivity contribution in [2.75, 3.05) is 32.8 Å². The zero-order valence-electron chi connectivity index (χ0n) is 13.0. The Morgan fingerprint density at radius 3 is 2.82 bits per heavy atom. The molecule has 0 radical (unpaired) electrons. The monoisotopic (exact) mass is 305 g/mol. The zero-order chi connectivity index (χ0) is 15.5. The highest BCUT2D eigenvalue weighted by Crippen LogP contribution is 2.14.